The van der Waals surface area contributed by atoms with E-state index in [4.69, 9.17) is 4.74 Å². The fraction of sp³-hybridized carbons (Fsp3) is 0.250. The van der Waals surface area contributed by atoms with Gasteiger partial charge in [-0.1, -0.05) is 18.2 Å². The third-order valence-corrected chi connectivity index (χ3v) is 4.02. The minimum atomic E-state index is -0.565. The lowest BCUT2D eigenvalue weighted by Gasteiger charge is -2.20. The maximum absolute atomic E-state index is 14.1. The molecule has 2 aromatic rings. The molecule has 0 heterocycles. The van der Waals surface area contributed by atoms with E-state index in [1.807, 2.05) is 24.3 Å². The number of para-hydroxylation sites is 1. The van der Waals surface area contributed by atoms with Crippen molar-refractivity contribution in [3.05, 3.63) is 63.6 Å². The van der Waals surface area contributed by atoms with Gasteiger partial charge in [0.15, 0.2) is 0 Å². The topological polar surface area (TPSA) is 21.3 Å². The molecule has 2 rings (SSSR count). The Morgan fingerprint density at radius 1 is 1.19 bits per heavy atom. The van der Waals surface area contributed by atoms with Crippen LogP contribution in [-0.2, 0) is 6.42 Å². The lowest BCUT2D eigenvalue weighted by atomic mass is 9.97. The normalized spacial score (nSPS) is 12.2. The van der Waals surface area contributed by atoms with E-state index in [2.05, 4.69) is 21.2 Å². The van der Waals surface area contributed by atoms with E-state index in [1.54, 1.807) is 14.2 Å². The van der Waals surface area contributed by atoms with Crippen molar-refractivity contribution in [1.29, 1.82) is 0 Å². The Morgan fingerprint density at radius 2 is 1.90 bits per heavy atom. The van der Waals surface area contributed by atoms with Gasteiger partial charge in [0.1, 0.15) is 17.4 Å². The number of ether oxygens (including phenoxy) is 1. The summed E-state index contributed by atoms with van der Waals surface area (Å²) in [6, 6.07) is 9.81. The summed E-state index contributed by atoms with van der Waals surface area (Å²) in [4.78, 5) is 0. The first-order valence-electron chi connectivity index (χ1n) is 6.51. The molecule has 0 aliphatic carbocycles. The molecule has 0 aromatic heterocycles. The van der Waals surface area contributed by atoms with Crippen LogP contribution in [0.2, 0.25) is 0 Å². The van der Waals surface area contributed by atoms with Crippen LogP contribution in [0.15, 0.2) is 40.9 Å². The molecule has 0 amide bonds. The summed E-state index contributed by atoms with van der Waals surface area (Å²) in [5.41, 5.74) is 0.913. The van der Waals surface area contributed by atoms with Gasteiger partial charge < -0.3 is 10.1 Å². The average molecular weight is 356 g/mol. The van der Waals surface area contributed by atoms with Crippen LogP contribution < -0.4 is 10.1 Å². The van der Waals surface area contributed by atoms with E-state index in [9.17, 15) is 8.78 Å². The SMILES string of the molecule is CNC(Cc1c(F)ccc(Br)c1F)c1ccccc1OC. The number of benzene rings is 2. The number of hydrogen-bond acceptors (Lipinski definition) is 2. The van der Waals surface area contributed by atoms with Crippen LogP contribution in [-0.4, -0.2) is 14.2 Å². The molecule has 0 spiro atoms. The fourth-order valence-electron chi connectivity index (χ4n) is 2.28. The smallest absolute Gasteiger partial charge is 0.143 e. The summed E-state index contributed by atoms with van der Waals surface area (Å²) < 4.78 is 33.6. The molecule has 1 unspecified atom stereocenters. The first-order valence-corrected chi connectivity index (χ1v) is 7.30. The van der Waals surface area contributed by atoms with E-state index < -0.39 is 11.6 Å². The van der Waals surface area contributed by atoms with Crippen molar-refractivity contribution >= 4 is 15.9 Å². The summed E-state index contributed by atoms with van der Waals surface area (Å²) in [5, 5.41) is 3.09. The summed E-state index contributed by atoms with van der Waals surface area (Å²) in [6.45, 7) is 0. The molecule has 2 aromatic carbocycles. The molecule has 0 aliphatic heterocycles. The summed E-state index contributed by atoms with van der Waals surface area (Å²) in [5.74, 6) is -0.427. The van der Waals surface area contributed by atoms with Gasteiger partial charge in [-0.05, 0) is 47.6 Å². The van der Waals surface area contributed by atoms with Crippen LogP contribution in [0.1, 0.15) is 17.2 Å². The standard InChI is InChI=1S/C16H16BrF2NO/c1-20-14(10-5-3-4-6-15(10)21-2)9-11-13(18)8-7-12(17)16(11)19/h3-8,14,20H,9H2,1-2H3. The van der Waals surface area contributed by atoms with Gasteiger partial charge in [-0.2, -0.15) is 0 Å². The molecular formula is C16H16BrF2NO. The predicted molar refractivity (Wildman–Crippen MR) is 82.6 cm³/mol. The maximum atomic E-state index is 14.1. The summed E-state index contributed by atoms with van der Waals surface area (Å²) in [6.07, 6.45) is 0.188. The molecule has 2 nitrogen and oxygen atoms in total. The number of rotatable bonds is 5. The van der Waals surface area contributed by atoms with Crippen molar-refractivity contribution < 1.29 is 13.5 Å². The Kier molecular flexibility index (Phi) is 5.31. The summed E-state index contributed by atoms with van der Waals surface area (Å²) >= 11 is 3.09. The lowest BCUT2D eigenvalue weighted by molar-refractivity contribution is 0.399. The van der Waals surface area contributed by atoms with Gasteiger partial charge in [0.25, 0.3) is 0 Å². The number of nitrogens with one attached hydrogen (secondary N) is 1. The molecule has 1 N–H and O–H groups in total. The van der Waals surface area contributed by atoms with E-state index in [0.717, 1.165) is 5.56 Å². The monoisotopic (exact) mass is 355 g/mol. The second-order valence-corrected chi connectivity index (χ2v) is 5.46. The van der Waals surface area contributed by atoms with Crippen LogP contribution in [0.4, 0.5) is 8.78 Å². The van der Waals surface area contributed by atoms with Gasteiger partial charge in [-0.25, -0.2) is 8.78 Å². The second kappa shape index (κ2) is 7.00. The molecule has 0 fully saturated rings. The maximum Gasteiger partial charge on any atom is 0.143 e. The molecule has 0 radical (unpaired) electrons. The van der Waals surface area contributed by atoms with E-state index in [0.29, 0.717) is 5.75 Å². The fourth-order valence-corrected chi connectivity index (χ4v) is 2.65. The van der Waals surface area contributed by atoms with Gasteiger partial charge in [0.2, 0.25) is 0 Å². The average Bonchev–Trinajstić information content (AvgIpc) is 2.51. The highest BCUT2D eigenvalue weighted by atomic mass is 79.9. The Morgan fingerprint density at radius 3 is 2.57 bits per heavy atom. The number of methoxy groups -OCH3 is 1. The van der Waals surface area contributed by atoms with E-state index in [-0.39, 0.29) is 22.5 Å². The molecule has 0 bridgehead atoms. The lowest BCUT2D eigenvalue weighted by Crippen LogP contribution is -2.20. The van der Waals surface area contributed by atoms with Crippen molar-refractivity contribution in [2.24, 2.45) is 0 Å². The van der Waals surface area contributed by atoms with Crippen LogP contribution in [0.5, 0.6) is 5.75 Å². The largest absolute Gasteiger partial charge is 0.496 e. The quantitative estimate of drug-likeness (QED) is 0.810. The van der Waals surface area contributed by atoms with Crippen LogP contribution in [0.3, 0.4) is 0 Å². The first kappa shape index (κ1) is 15.9. The Balaban J connectivity index is 2.38. The van der Waals surface area contributed by atoms with Gasteiger partial charge in [-0.15, -0.1) is 0 Å². The van der Waals surface area contributed by atoms with Crippen molar-refractivity contribution in [1.82, 2.24) is 5.32 Å². The van der Waals surface area contributed by atoms with Crippen LogP contribution in [0, 0.1) is 11.6 Å². The molecule has 0 aliphatic rings. The van der Waals surface area contributed by atoms with Crippen molar-refractivity contribution in [2.45, 2.75) is 12.5 Å². The molecule has 21 heavy (non-hydrogen) atoms. The number of halogens is 3. The summed E-state index contributed by atoms with van der Waals surface area (Å²) in [7, 11) is 3.33. The number of likely N-dealkylation sites (N-methyl/N-ethyl adjacent to an activating group) is 1. The highest BCUT2D eigenvalue weighted by molar-refractivity contribution is 9.10. The van der Waals surface area contributed by atoms with Crippen molar-refractivity contribution in [3.8, 4) is 5.75 Å². The molecule has 1 atom stereocenters. The minimum Gasteiger partial charge on any atom is -0.496 e. The zero-order chi connectivity index (χ0) is 15.4. The Bertz CT molecular complexity index is 634. The van der Waals surface area contributed by atoms with Crippen LogP contribution in [0.25, 0.3) is 0 Å². The van der Waals surface area contributed by atoms with Gasteiger partial charge >= 0.3 is 0 Å². The molecule has 5 heteroatoms. The zero-order valence-corrected chi connectivity index (χ0v) is 13.4. The molecule has 112 valence electrons. The van der Waals surface area contributed by atoms with Gasteiger partial charge in [0, 0.05) is 17.2 Å². The third-order valence-electron chi connectivity index (χ3n) is 3.41. The molecule has 0 saturated carbocycles. The van der Waals surface area contributed by atoms with Gasteiger partial charge in [-0.3, -0.25) is 0 Å². The highest BCUT2D eigenvalue weighted by Gasteiger charge is 2.20. The van der Waals surface area contributed by atoms with E-state index in [1.165, 1.54) is 12.1 Å². The molecular weight excluding hydrogens is 340 g/mol. The Labute approximate surface area is 131 Å². The minimum absolute atomic E-state index is 0.0506. The van der Waals surface area contributed by atoms with Gasteiger partial charge in [0.05, 0.1) is 11.6 Å². The van der Waals surface area contributed by atoms with Crippen molar-refractivity contribution in [3.63, 3.8) is 0 Å². The highest BCUT2D eigenvalue weighted by Crippen LogP contribution is 2.30. The predicted octanol–water partition coefficient (Wildman–Crippen LogP) is 4.24. The number of hydrogen-bond donors (Lipinski definition) is 1. The Hall–Kier alpha value is -1.46. The second-order valence-electron chi connectivity index (χ2n) is 4.61. The third kappa shape index (κ3) is 3.41. The van der Waals surface area contributed by atoms with Crippen molar-refractivity contribution in [2.75, 3.05) is 14.2 Å². The van der Waals surface area contributed by atoms with Crippen LogP contribution >= 0.6 is 15.9 Å². The first-order chi connectivity index (χ1) is 10.1. The van der Waals surface area contributed by atoms with E-state index >= 15 is 0 Å². The molecule has 0 saturated heterocycles. The zero-order valence-electron chi connectivity index (χ0n) is 11.8.